The topological polar surface area (TPSA) is 149 Å². The third-order valence-electron chi connectivity index (χ3n) is 9.38. The van der Waals surface area contributed by atoms with E-state index in [1.165, 1.54) is 96.3 Å². The van der Waals surface area contributed by atoms with Gasteiger partial charge in [0, 0.05) is 6.42 Å². The first-order chi connectivity index (χ1) is 28.7. The minimum absolute atomic E-state index is 0.0509. The van der Waals surface area contributed by atoms with Crippen molar-refractivity contribution in [2.24, 2.45) is 0 Å². The average molecular weight is 851 g/mol. The van der Waals surface area contributed by atoms with Crippen molar-refractivity contribution in [2.75, 3.05) is 26.4 Å². The second-order valence-corrected chi connectivity index (χ2v) is 16.5. The van der Waals surface area contributed by atoms with Gasteiger partial charge in [-0.05, 0) is 64.2 Å². The van der Waals surface area contributed by atoms with Crippen LogP contribution in [0.4, 0.5) is 0 Å². The first kappa shape index (κ1) is 56.4. The Morgan fingerprint density at radius 3 is 1.47 bits per heavy atom. The highest BCUT2D eigenvalue weighted by atomic mass is 31.2. The predicted molar refractivity (Wildman–Crippen MR) is 242 cm³/mol. The van der Waals surface area contributed by atoms with E-state index in [1.807, 2.05) is 18.2 Å². The van der Waals surface area contributed by atoms with Crippen LogP contribution in [0.25, 0.3) is 0 Å². The third-order valence-corrected chi connectivity index (χ3v) is 10.3. The molecule has 3 atom stereocenters. The van der Waals surface area contributed by atoms with Crippen molar-refractivity contribution in [1.82, 2.24) is 0 Å². The Labute approximate surface area is 358 Å². The van der Waals surface area contributed by atoms with Gasteiger partial charge in [0.15, 0.2) is 6.10 Å². The van der Waals surface area contributed by atoms with Crippen LogP contribution in [-0.4, -0.2) is 65.7 Å². The van der Waals surface area contributed by atoms with Crippen molar-refractivity contribution in [3.8, 4) is 0 Å². The van der Waals surface area contributed by atoms with Gasteiger partial charge in [0.25, 0.3) is 0 Å². The van der Waals surface area contributed by atoms with Crippen LogP contribution in [0, 0.1) is 0 Å². The minimum Gasteiger partial charge on any atom is -0.462 e. The fraction of sp³-hybridized carbons (Fsp3) is 0.708. The summed E-state index contributed by atoms with van der Waals surface area (Å²) in [5.41, 5.74) is 0. The molecule has 0 aliphatic heterocycles. The number of allylic oxidation sites excluding steroid dienone is 11. The van der Waals surface area contributed by atoms with Crippen LogP contribution in [-0.2, 0) is 32.7 Å². The predicted octanol–water partition coefficient (Wildman–Crippen LogP) is 12.4. The molecule has 11 heteroatoms. The Kier molecular flexibility index (Phi) is 41.6. The molecule has 0 aromatic rings. The summed E-state index contributed by atoms with van der Waals surface area (Å²) in [6.45, 7) is 2.15. The van der Waals surface area contributed by atoms with E-state index in [9.17, 15) is 24.2 Å². The molecule has 59 heavy (non-hydrogen) atoms. The molecule has 0 amide bonds. The normalized spacial score (nSPS) is 14.5. The zero-order valence-electron chi connectivity index (χ0n) is 36.9. The van der Waals surface area contributed by atoms with E-state index >= 15 is 0 Å². The van der Waals surface area contributed by atoms with Gasteiger partial charge < -0.3 is 24.6 Å². The SMILES string of the molecule is CC/C=C\C/C=C\C/C=C\C/C=C\C/C=C\CC(=O)OC(COC(=O)CCCCCCCCCCC/C=C\CCCCCCCCCC)COP(=O)(O)OCC(O)CO. The lowest BCUT2D eigenvalue weighted by Crippen LogP contribution is -2.29. The number of ether oxygens (including phenoxy) is 2. The number of hydrogen-bond donors (Lipinski definition) is 3. The zero-order valence-corrected chi connectivity index (χ0v) is 37.8. The number of hydrogen-bond acceptors (Lipinski definition) is 9. The summed E-state index contributed by atoms with van der Waals surface area (Å²) < 4.78 is 32.6. The number of phosphoric acid groups is 1. The van der Waals surface area contributed by atoms with Gasteiger partial charge in [-0.1, -0.05) is 177 Å². The molecule has 0 heterocycles. The second-order valence-electron chi connectivity index (χ2n) is 15.1. The quantitative estimate of drug-likeness (QED) is 0.0234. The fourth-order valence-corrected chi connectivity index (χ4v) is 6.68. The van der Waals surface area contributed by atoms with Crippen LogP contribution in [0.15, 0.2) is 72.9 Å². The number of esters is 2. The molecular formula is C48H83O10P. The second kappa shape index (κ2) is 43.5. The van der Waals surface area contributed by atoms with E-state index in [4.69, 9.17) is 19.1 Å². The molecule has 0 radical (unpaired) electrons. The maximum Gasteiger partial charge on any atom is 0.472 e. The van der Waals surface area contributed by atoms with Crippen molar-refractivity contribution in [1.29, 1.82) is 0 Å². The highest BCUT2D eigenvalue weighted by Crippen LogP contribution is 2.43. The number of aliphatic hydroxyl groups excluding tert-OH is 2. The summed E-state index contributed by atoms with van der Waals surface area (Å²) in [6.07, 6.45) is 50.5. The van der Waals surface area contributed by atoms with Gasteiger partial charge in [-0.3, -0.25) is 18.6 Å². The zero-order chi connectivity index (χ0) is 43.3. The summed E-state index contributed by atoms with van der Waals surface area (Å²) in [5.74, 6) is -1.08. The van der Waals surface area contributed by atoms with Crippen LogP contribution in [0.5, 0.6) is 0 Å². The summed E-state index contributed by atoms with van der Waals surface area (Å²) in [4.78, 5) is 35.0. The molecule has 0 rings (SSSR count). The molecule has 0 saturated carbocycles. The molecule has 0 aromatic heterocycles. The number of unbranched alkanes of at least 4 members (excludes halogenated alkanes) is 17. The largest absolute Gasteiger partial charge is 0.472 e. The van der Waals surface area contributed by atoms with E-state index in [0.717, 1.165) is 44.9 Å². The fourth-order valence-electron chi connectivity index (χ4n) is 5.89. The molecule has 0 spiro atoms. The van der Waals surface area contributed by atoms with Crippen molar-refractivity contribution in [2.45, 2.75) is 193 Å². The lowest BCUT2D eigenvalue weighted by Gasteiger charge is -2.20. The first-order valence-corrected chi connectivity index (χ1v) is 24.4. The molecule has 0 saturated heterocycles. The Hall–Kier alpha value is -2.59. The number of aliphatic hydroxyl groups is 2. The number of rotatable bonds is 42. The summed E-state index contributed by atoms with van der Waals surface area (Å²) in [5, 5.41) is 18.3. The Bertz CT molecular complexity index is 1210. The van der Waals surface area contributed by atoms with Crippen LogP contribution in [0.2, 0.25) is 0 Å². The third kappa shape index (κ3) is 43.3. The average Bonchev–Trinajstić information content (AvgIpc) is 3.22. The standard InChI is InChI=1S/C48H83O10P/c1-3-5-7-9-11-13-15-17-19-20-21-22-23-24-26-27-29-31-33-35-37-39-47(51)55-43-46(44-57-59(53,54)56-42-45(50)41-49)58-48(52)40-38-36-34-32-30-28-25-18-16-14-12-10-8-6-4-2/h6,8,12,14,18,20-21,25,30,32,36,38,45-46,49-50H,3-5,7,9-11,13,15-17,19,22-24,26-29,31,33-35,37,39-44H2,1-2H3,(H,53,54)/b8-6-,14-12-,21-20-,25-18-,32-30-,38-36-. The van der Waals surface area contributed by atoms with Gasteiger partial charge in [-0.25, -0.2) is 4.57 Å². The Morgan fingerprint density at radius 1 is 0.542 bits per heavy atom. The van der Waals surface area contributed by atoms with Gasteiger partial charge in [-0.2, -0.15) is 0 Å². The number of carbonyl (C=O) groups is 2. The molecule has 3 unspecified atom stereocenters. The van der Waals surface area contributed by atoms with Crippen molar-refractivity contribution < 1.29 is 47.8 Å². The maximum absolute atomic E-state index is 12.6. The van der Waals surface area contributed by atoms with Crippen LogP contribution in [0.1, 0.15) is 181 Å². The van der Waals surface area contributed by atoms with E-state index < -0.39 is 51.8 Å². The highest BCUT2D eigenvalue weighted by molar-refractivity contribution is 7.47. The van der Waals surface area contributed by atoms with E-state index in [0.29, 0.717) is 12.8 Å². The number of phosphoric ester groups is 1. The van der Waals surface area contributed by atoms with Crippen LogP contribution < -0.4 is 0 Å². The monoisotopic (exact) mass is 851 g/mol. The van der Waals surface area contributed by atoms with E-state index in [2.05, 4.69) is 67.0 Å². The highest BCUT2D eigenvalue weighted by Gasteiger charge is 2.27. The van der Waals surface area contributed by atoms with E-state index in [1.54, 1.807) is 6.08 Å². The molecule has 340 valence electrons. The molecule has 0 aliphatic carbocycles. The summed E-state index contributed by atoms with van der Waals surface area (Å²) in [6, 6.07) is 0. The molecule has 10 nitrogen and oxygen atoms in total. The maximum atomic E-state index is 12.6. The summed E-state index contributed by atoms with van der Waals surface area (Å²) >= 11 is 0. The number of carbonyl (C=O) groups excluding carboxylic acids is 2. The van der Waals surface area contributed by atoms with Crippen molar-refractivity contribution in [3.05, 3.63) is 72.9 Å². The summed E-state index contributed by atoms with van der Waals surface area (Å²) in [7, 11) is -4.65. The van der Waals surface area contributed by atoms with Gasteiger partial charge >= 0.3 is 19.8 Å². The Morgan fingerprint density at radius 2 is 0.983 bits per heavy atom. The molecule has 0 aromatic carbocycles. The molecule has 0 fully saturated rings. The van der Waals surface area contributed by atoms with Crippen LogP contribution in [0.3, 0.4) is 0 Å². The van der Waals surface area contributed by atoms with Gasteiger partial charge in [0.05, 0.1) is 26.2 Å². The van der Waals surface area contributed by atoms with Gasteiger partial charge in [-0.15, -0.1) is 0 Å². The van der Waals surface area contributed by atoms with Crippen molar-refractivity contribution in [3.63, 3.8) is 0 Å². The van der Waals surface area contributed by atoms with Gasteiger partial charge in [0.2, 0.25) is 0 Å². The lowest BCUT2D eigenvalue weighted by molar-refractivity contribution is -0.160. The molecule has 3 N–H and O–H groups in total. The van der Waals surface area contributed by atoms with E-state index in [-0.39, 0.29) is 19.4 Å². The first-order valence-electron chi connectivity index (χ1n) is 22.9. The molecule has 0 aliphatic rings. The van der Waals surface area contributed by atoms with Crippen LogP contribution >= 0.6 is 7.82 Å². The molecular weight excluding hydrogens is 767 g/mol. The lowest BCUT2D eigenvalue weighted by atomic mass is 10.1. The van der Waals surface area contributed by atoms with Crippen molar-refractivity contribution >= 4 is 19.8 Å². The minimum atomic E-state index is -4.65. The smallest absolute Gasteiger partial charge is 0.462 e. The van der Waals surface area contributed by atoms with Gasteiger partial charge in [0.1, 0.15) is 12.7 Å². The molecule has 0 bridgehead atoms. The Balaban J connectivity index is 4.33.